The summed E-state index contributed by atoms with van der Waals surface area (Å²) in [5.74, 6) is -0.224. The summed E-state index contributed by atoms with van der Waals surface area (Å²) >= 11 is 5.16. The van der Waals surface area contributed by atoms with E-state index in [9.17, 15) is 4.79 Å². The van der Waals surface area contributed by atoms with Crippen molar-refractivity contribution in [2.75, 3.05) is 20.1 Å². The van der Waals surface area contributed by atoms with Gasteiger partial charge in [-0.15, -0.1) is 0 Å². The monoisotopic (exact) mass is 278 g/mol. The molecule has 0 spiro atoms. The number of hydrogen-bond donors (Lipinski definition) is 2. The van der Waals surface area contributed by atoms with E-state index >= 15 is 0 Å². The van der Waals surface area contributed by atoms with Gasteiger partial charge in [0, 0.05) is 19.3 Å². The molecule has 0 radical (unpaired) electrons. The highest BCUT2D eigenvalue weighted by atomic mass is 32.1. The van der Waals surface area contributed by atoms with Crippen LogP contribution in [0.25, 0.3) is 0 Å². The number of pyridine rings is 1. The first-order valence-electron chi connectivity index (χ1n) is 6.25. The molecule has 0 aliphatic carbocycles. The molecule has 2 heterocycles. The van der Waals surface area contributed by atoms with Gasteiger partial charge in [0.15, 0.2) is 0 Å². The van der Waals surface area contributed by atoms with Crippen molar-refractivity contribution in [2.45, 2.75) is 18.4 Å². The van der Waals surface area contributed by atoms with Crippen LogP contribution in [-0.2, 0) is 0 Å². The van der Waals surface area contributed by atoms with Crippen LogP contribution in [0, 0.1) is 0 Å². The third-order valence-electron chi connectivity index (χ3n) is 3.56. The summed E-state index contributed by atoms with van der Waals surface area (Å²) in [7, 11) is 2.05. The zero-order valence-corrected chi connectivity index (χ0v) is 11.7. The lowest BCUT2D eigenvalue weighted by Crippen LogP contribution is -2.61. The van der Waals surface area contributed by atoms with Gasteiger partial charge in [-0.1, -0.05) is 18.3 Å². The van der Waals surface area contributed by atoms with Gasteiger partial charge in [0.1, 0.15) is 5.69 Å². The third kappa shape index (κ3) is 3.08. The largest absolute Gasteiger partial charge is 0.391 e. The van der Waals surface area contributed by atoms with Crippen molar-refractivity contribution in [3.63, 3.8) is 0 Å². The van der Waals surface area contributed by atoms with Crippen LogP contribution < -0.4 is 11.1 Å². The van der Waals surface area contributed by atoms with Crippen molar-refractivity contribution in [3.8, 4) is 0 Å². The Balaban J connectivity index is 2.14. The Morgan fingerprint density at radius 1 is 1.47 bits per heavy atom. The average Bonchev–Trinajstić information content (AvgIpc) is 2.42. The molecule has 0 unspecified atom stereocenters. The van der Waals surface area contributed by atoms with E-state index in [0.717, 1.165) is 25.9 Å². The van der Waals surface area contributed by atoms with E-state index in [1.807, 2.05) is 7.05 Å². The smallest absolute Gasteiger partial charge is 0.270 e. The fraction of sp³-hybridized carbons (Fsp3) is 0.462. The van der Waals surface area contributed by atoms with Gasteiger partial charge in [-0.3, -0.25) is 9.78 Å². The zero-order chi connectivity index (χ0) is 13.9. The fourth-order valence-corrected chi connectivity index (χ4v) is 2.47. The van der Waals surface area contributed by atoms with E-state index in [1.54, 1.807) is 24.4 Å². The van der Waals surface area contributed by atoms with Crippen molar-refractivity contribution in [1.82, 2.24) is 15.2 Å². The van der Waals surface area contributed by atoms with Crippen molar-refractivity contribution in [3.05, 3.63) is 30.1 Å². The predicted molar refractivity (Wildman–Crippen MR) is 78.0 cm³/mol. The number of nitrogens with one attached hydrogen (secondary N) is 1. The second-order valence-corrected chi connectivity index (χ2v) is 5.36. The van der Waals surface area contributed by atoms with E-state index in [1.165, 1.54) is 0 Å². The number of piperidine rings is 1. The van der Waals surface area contributed by atoms with Gasteiger partial charge < -0.3 is 16.0 Å². The van der Waals surface area contributed by atoms with Crippen LogP contribution in [0.2, 0.25) is 0 Å². The van der Waals surface area contributed by atoms with Crippen molar-refractivity contribution >= 4 is 23.1 Å². The van der Waals surface area contributed by atoms with Crippen molar-refractivity contribution in [1.29, 1.82) is 0 Å². The zero-order valence-electron chi connectivity index (χ0n) is 10.9. The minimum Gasteiger partial charge on any atom is -0.391 e. The summed E-state index contributed by atoms with van der Waals surface area (Å²) < 4.78 is 0. The number of aromatic nitrogens is 1. The van der Waals surface area contributed by atoms with Crippen LogP contribution in [0.3, 0.4) is 0 Å². The Hall–Kier alpha value is -1.53. The molecule has 1 amide bonds. The number of amides is 1. The summed E-state index contributed by atoms with van der Waals surface area (Å²) in [6.07, 6.45) is 3.06. The summed E-state index contributed by atoms with van der Waals surface area (Å²) in [5, 5.41) is 2.97. The normalized spacial score (nSPS) is 18.8. The first-order chi connectivity index (χ1) is 9.03. The summed E-state index contributed by atoms with van der Waals surface area (Å²) in [6, 6.07) is 5.23. The van der Waals surface area contributed by atoms with E-state index in [4.69, 9.17) is 18.0 Å². The SMILES string of the molecule is CN1CCC(NC(=O)c2ccccn2)(C(N)=S)CC1. The maximum atomic E-state index is 12.2. The third-order valence-corrected chi connectivity index (χ3v) is 3.95. The molecule has 3 N–H and O–H groups in total. The lowest BCUT2D eigenvalue weighted by molar-refractivity contribution is 0.0885. The highest BCUT2D eigenvalue weighted by molar-refractivity contribution is 7.80. The predicted octanol–water partition coefficient (Wildman–Crippen LogP) is 0.562. The maximum Gasteiger partial charge on any atom is 0.270 e. The van der Waals surface area contributed by atoms with Crippen molar-refractivity contribution < 1.29 is 4.79 Å². The van der Waals surface area contributed by atoms with Gasteiger partial charge in [-0.2, -0.15) is 0 Å². The second kappa shape index (κ2) is 5.63. The summed E-state index contributed by atoms with van der Waals surface area (Å²) in [6.45, 7) is 1.72. The maximum absolute atomic E-state index is 12.2. The van der Waals surface area contributed by atoms with Gasteiger partial charge in [-0.25, -0.2) is 0 Å². The molecule has 6 heteroatoms. The quantitative estimate of drug-likeness (QED) is 0.791. The Labute approximate surface area is 118 Å². The molecule has 1 aromatic heterocycles. The van der Waals surface area contributed by atoms with Crippen LogP contribution in [0.15, 0.2) is 24.4 Å². The van der Waals surface area contributed by atoms with Crippen LogP contribution >= 0.6 is 12.2 Å². The lowest BCUT2D eigenvalue weighted by atomic mass is 9.87. The van der Waals surface area contributed by atoms with Crippen LogP contribution in [0.5, 0.6) is 0 Å². The summed E-state index contributed by atoms with van der Waals surface area (Å²) in [4.78, 5) is 18.8. The van der Waals surface area contributed by atoms with E-state index in [-0.39, 0.29) is 5.91 Å². The molecule has 1 aromatic rings. The van der Waals surface area contributed by atoms with E-state index in [0.29, 0.717) is 10.7 Å². The second-order valence-electron chi connectivity index (χ2n) is 4.92. The van der Waals surface area contributed by atoms with Crippen LogP contribution in [-0.4, -0.2) is 46.5 Å². The highest BCUT2D eigenvalue weighted by Crippen LogP contribution is 2.22. The average molecular weight is 278 g/mol. The number of carbonyl (C=O) groups excluding carboxylic acids is 1. The van der Waals surface area contributed by atoms with E-state index in [2.05, 4.69) is 15.2 Å². The molecule has 1 fully saturated rings. The first kappa shape index (κ1) is 13.9. The van der Waals surface area contributed by atoms with Gasteiger partial charge in [0.2, 0.25) is 0 Å². The molecular weight excluding hydrogens is 260 g/mol. The fourth-order valence-electron chi connectivity index (χ4n) is 2.21. The standard InChI is InChI=1S/C13H18N4OS/c1-17-8-5-13(6-9-17,12(14)19)16-11(18)10-4-2-3-7-15-10/h2-4,7H,5-6,8-9H2,1H3,(H2,14,19)(H,16,18). The molecule has 2 rings (SSSR count). The number of rotatable bonds is 3. The number of carbonyl (C=O) groups is 1. The molecule has 19 heavy (non-hydrogen) atoms. The first-order valence-corrected chi connectivity index (χ1v) is 6.66. The molecule has 0 atom stereocenters. The summed E-state index contributed by atoms with van der Waals surface area (Å²) in [5.41, 5.74) is 5.65. The van der Waals surface area contributed by atoms with Gasteiger partial charge in [-0.05, 0) is 32.0 Å². The van der Waals surface area contributed by atoms with Gasteiger partial charge in [0.05, 0.1) is 10.5 Å². The minimum atomic E-state index is -0.587. The highest BCUT2D eigenvalue weighted by Gasteiger charge is 2.38. The molecule has 5 nitrogen and oxygen atoms in total. The number of likely N-dealkylation sites (tertiary alicyclic amines) is 1. The Morgan fingerprint density at radius 3 is 2.68 bits per heavy atom. The molecule has 0 aromatic carbocycles. The van der Waals surface area contributed by atoms with E-state index < -0.39 is 5.54 Å². The molecule has 102 valence electrons. The number of nitrogens with two attached hydrogens (primary N) is 1. The Morgan fingerprint density at radius 2 is 2.16 bits per heavy atom. The topological polar surface area (TPSA) is 71.2 Å². The van der Waals surface area contributed by atoms with Gasteiger partial charge >= 0.3 is 0 Å². The molecular formula is C13H18N4OS. The number of thiocarbonyl (C=S) groups is 1. The minimum absolute atomic E-state index is 0.224. The lowest BCUT2D eigenvalue weighted by Gasteiger charge is -2.40. The molecule has 0 saturated carbocycles. The number of nitrogens with zero attached hydrogens (tertiary/aromatic N) is 2. The van der Waals surface area contributed by atoms with Crippen LogP contribution in [0.4, 0.5) is 0 Å². The van der Waals surface area contributed by atoms with Crippen LogP contribution in [0.1, 0.15) is 23.3 Å². The van der Waals surface area contributed by atoms with Gasteiger partial charge in [0.25, 0.3) is 5.91 Å². The molecule has 1 aliphatic rings. The molecule has 1 aliphatic heterocycles. The number of hydrogen-bond acceptors (Lipinski definition) is 4. The van der Waals surface area contributed by atoms with Crippen molar-refractivity contribution in [2.24, 2.45) is 5.73 Å². The Bertz CT molecular complexity index is 469. The molecule has 0 bridgehead atoms. The molecule has 1 saturated heterocycles. The Kier molecular flexibility index (Phi) is 4.11.